The summed E-state index contributed by atoms with van der Waals surface area (Å²) < 4.78 is 0. The van der Waals surface area contributed by atoms with Crippen LogP contribution in [0.1, 0.15) is 61.3 Å². The molecule has 1 fully saturated rings. The Morgan fingerprint density at radius 1 is 1.10 bits per heavy atom. The van der Waals surface area contributed by atoms with E-state index in [4.69, 9.17) is 5.73 Å². The highest BCUT2D eigenvalue weighted by Crippen LogP contribution is 2.28. The molecule has 112 valence electrons. The molecule has 2 rings (SSSR count). The molecular formula is C18H30N2. The number of aryl methyl sites for hydroxylation is 2. The Labute approximate surface area is 124 Å². The van der Waals surface area contributed by atoms with Gasteiger partial charge in [0.1, 0.15) is 0 Å². The highest BCUT2D eigenvalue weighted by atomic mass is 15.2. The van der Waals surface area contributed by atoms with E-state index in [9.17, 15) is 0 Å². The number of benzene rings is 1. The van der Waals surface area contributed by atoms with Gasteiger partial charge in [-0.1, -0.05) is 43.9 Å². The summed E-state index contributed by atoms with van der Waals surface area (Å²) >= 11 is 0. The number of nitrogens with zero attached hydrogens (tertiary/aromatic N) is 1. The first-order valence-corrected chi connectivity index (χ1v) is 8.12. The average Bonchev–Trinajstić information content (AvgIpc) is 2.72. The third-order valence-corrected chi connectivity index (χ3v) is 5.03. The number of nitrogens with two attached hydrogens (primary N) is 1. The van der Waals surface area contributed by atoms with Crippen LogP contribution in [-0.4, -0.2) is 24.5 Å². The molecule has 1 atom stereocenters. The topological polar surface area (TPSA) is 29.3 Å². The molecule has 1 aliphatic carbocycles. The molecule has 1 unspecified atom stereocenters. The lowest BCUT2D eigenvalue weighted by Crippen LogP contribution is -2.38. The smallest absolute Gasteiger partial charge is 0.0470 e. The van der Waals surface area contributed by atoms with E-state index in [1.165, 1.54) is 55.2 Å². The second-order valence-corrected chi connectivity index (χ2v) is 6.41. The van der Waals surface area contributed by atoms with Gasteiger partial charge in [-0.05, 0) is 50.4 Å². The van der Waals surface area contributed by atoms with Crippen LogP contribution >= 0.6 is 0 Å². The highest BCUT2D eigenvalue weighted by molar-refractivity contribution is 5.32. The fourth-order valence-corrected chi connectivity index (χ4v) is 3.43. The van der Waals surface area contributed by atoms with Crippen LogP contribution in [0, 0.1) is 13.8 Å². The molecule has 2 N–H and O–H groups in total. The lowest BCUT2D eigenvalue weighted by atomic mass is 9.97. The Kier molecular flexibility index (Phi) is 5.62. The maximum absolute atomic E-state index is 6.10. The summed E-state index contributed by atoms with van der Waals surface area (Å²) in [4.78, 5) is 2.54. The van der Waals surface area contributed by atoms with Crippen LogP contribution < -0.4 is 5.73 Å². The molecular weight excluding hydrogens is 244 g/mol. The third-order valence-electron chi connectivity index (χ3n) is 5.03. The van der Waals surface area contributed by atoms with Crippen molar-refractivity contribution in [2.45, 2.75) is 64.5 Å². The summed E-state index contributed by atoms with van der Waals surface area (Å²) in [6, 6.07) is 7.87. The first-order chi connectivity index (χ1) is 9.63. The zero-order valence-corrected chi connectivity index (χ0v) is 13.4. The highest BCUT2D eigenvalue weighted by Gasteiger charge is 2.24. The van der Waals surface area contributed by atoms with Gasteiger partial charge < -0.3 is 5.73 Å². The van der Waals surface area contributed by atoms with Gasteiger partial charge in [0.15, 0.2) is 0 Å². The SMILES string of the molecule is Cc1ccc(C(CN)N(C)C2CCCCCC2)cc1C. The number of hydrogen-bond donors (Lipinski definition) is 1. The van der Waals surface area contributed by atoms with Crippen LogP contribution in [0.2, 0.25) is 0 Å². The molecule has 0 heterocycles. The quantitative estimate of drug-likeness (QED) is 0.842. The maximum Gasteiger partial charge on any atom is 0.0470 e. The lowest BCUT2D eigenvalue weighted by molar-refractivity contribution is 0.161. The van der Waals surface area contributed by atoms with E-state index in [0.717, 1.165) is 0 Å². The van der Waals surface area contributed by atoms with E-state index in [0.29, 0.717) is 18.6 Å². The molecule has 1 aliphatic rings. The number of likely N-dealkylation sites (N-methyl/N-ethyl adjacent to an activating group) is 1. The van der Waals surface area contributed by atoms with Gasteiger partial charge in [0.05, 0.1) is 0 Å². The summed E-state index contributed by atoms with van der Waals surface area (Å²) in [7, 11) is 2.27. The van der Waals surface area contributed by atoms with Gasteiger partial charge in [0, 0.05) is 18.6 Å². The average molecular weight is 274 g/mol. The fraction of sp³-hybridized carbons (Fsp3) is 0.667. The summed E-state index contributed by atoms with van der Waals surface area (Å²) in [6.07, 6.45) is 8.22. The third kappa shape index (κ3) is 3.62. The molecule has 0 bridgehead atoms. The summed E-state index contributed by atoms with van der Waals surface area (Å²) in [6.45, 7) is 5.07. The minimum absolute atomic E-state index is 0.359. The van der Waals surface area contributed by atoms with Crippen molar-refractivity contribution in [3.05, 3.63) is 34.9 Å². The minimum Gasteiger partial charge on any atom is -0.329 e. The van der Waals surface area contributed by atoms with Crippen molar-refractivity contribution >= 4 is 0 Å². The molecule has 0 aliphatic heterocycles. The summed E-state index contributed by atoms with van der Waals surface area (Å²) in [5.74, 6) is 0. The Morgan fingerprint density at radius 3 is 2.30 bits per heavy atom. The van der Waals surface area contributed by atoms with Gasteiger partial charge in [0.25, 0.3) is 0 Å². The first kappa shape index (κ1) is 15.5. The zero-order valence-electron chi connectivity index (χ0n) is 13.4. The molecule has 0 spiro atoms. The van der Waals surface area contributed by atoms with Gasteiger partial charge in [0.2, 0.25) is 0 Å². The predicted molar refractivity (Wildman–Crippen MR) is 87.0 cm³/mol. The second kappa shape index (κ2) is 7.24. The van der Waals surface area contributed by atoms with Crippen molar-refractivity contribution in [1.82, 2.24) is 4.90 Å². The van der Waals surface area contributed by atoms with Gasteiger partial charge in [-0.15, -0.1) is 0 Å². The van der Waals surface area contributed by atoms with E-state index >= 15 is 0 Å². The Bertz CT molecular complexity index is 419. The first-order valence-electron chi connectivity index (χ1n) is 8.12. The van der Waals surface area contributed by atoms with Crippen molar-refractivity contribution in [2.75, 3.05) is 13.6 Å². The molecule has 1 aromatic carbocycles. The molecule has 0 saturated heterocycles. The predicted octanol–water partition coefficient (Wildman–Crippen LogP) is 3.96. The van der Waals surface area contributed by atoms with Crippen molar-refractivity contribution in [1.29, 1.82) is 0 Å². The van der Waals surface area contributed by atoms with Crippen molar-refractivity contribution in [3.63, 3.8) is 0 Å². The maximum atomic E-state index is 6.10. The Hall–Kier alpha value is -0.860. The van der Waals surface area contributed by atoms with Crippen LogP contribution in [0.3, 0.4) is 0 Å². The number of rotatable bonds is 4. The van der Waals surface area contributed by atoms with E-state index in [1.54, 1.807) is 0 Å². The van der Waals surface area contributed by atoms with E-state index in [-0.39, 0.29) is 0 Å². The summed E-state index contributed by atoms with van der Waals surface area (Å²) in [5.41, 5.74) is 10.2. The largest absolute Gasteiger partial charge is 0.329 e. The minimum atomic E-state index is 0.359. The molecule has 2 nitrogen and oxygen atoms in total. The van der Waals surface area contributed by atoms with Crippen molar-refractivity contribution in [2.24, 2.45) is 5.73 Å². The van der Waals surface area contributed by atoms with Crippen LogP contribution in [0.25, 0.3) is 0 Å². The standard InChI is InChI=1S/C18H30N2/c1-14-10-11-16(12-15(14)2)18(13-19)20(3)17-8-6-4-5-7-9-17/h10-12,17-18H,4-9,13,19H2,1-3H3. The van der Waals surface area contributed by atoms with Crippen molar-refractivity contribution < 1.29 is 0 Å². The van der Waals surface area contributed by atoms with E-state index < -0.39 is 0 Å². The van der Waals surface area contributed by atoms with Crippen LogP contribution in [0.5, 0.6) is 0 Å². The molecule has 1 saturated carbocycles. The van der Waals surface area contributed by atoms with Crippen LogP contribution in [0.15, 0.2) is 18.2 Å². The molecule has 2 heteroatoms. The Morgan fingerprint density at radius 2 is 1.75 bits per heavy atom. The second-order valence-electron chi connectivity index (χ2n) is 6.41. The van der Waals surface area contributed by atoms with Gasteiger partial charge >= 0.3 is 0 Å². The molecule has 20 heavy (non-hydrogen) atoms. The van der Waals surface area contributed by atoms with Crippen LogP contribution in [-0.2, 0) is 0 Å². The van der Waals surface area contributed by atoms with Gasteiger partial charge in [-0.2, -0.15) is 0 Å². The molecule has 0 aromatic heterocycles. The van der Waals surface area contributed by atoms with E-state index in [1.807, 2.05) is 0 Å². The number of hydrogen-bond acceptors (Lipinski definition) is 2. The lowest BCUT2D eigenvalue weighted by Gasteiger charge is -2.34. The monoisotopic (exact) mass is 274 g/mol. The van der Waals surface area contributed by atoms with Gasteiger partial charge in [-0.3, -0.25) is 4.90 Å². The van der Waals surface area contributed by atoms with Crippen LogP contribution in [0.4, 0.5) is 0 Å². The van der Waals surface area contributed by atoms with Gasteiger partial charge in [-0.25, -0.2) is 0 Å². The molecule has 0 radical (unpaired) electrons. The zero-order chi connectivity index (χ0) is 14.5. The molecule has 1 aromatic rings. The van der Waals surface area contributed by atoms with Crippen molar-refractivity contribution in [3.8, 4) is 0 Å². The normalized spacial score (nSPS) is 19.1. The fourth-order valence-electron chi connectivity index (χ4n) is 3.43. The summed E-state index contributed by atoms with van der Waals surface area (Å²) in [5, 5.41) is 0. The Balaban J connectivity index is 2.15. The molecule has 0 amide bonds. The van der Waals surface area contributed by atoms with E-state index in [2.05, 4.69) is 44.0 Å².